The van der Waals surface area contributed by atoms with E-state index in [1.54, 1.807) is 19.2 Å². The Balaban J connectivity index is 1.34. The molecule has 7 nitrogen and oxygen atoms in total. The Morgan fingerprint density at radius 2 is 1.89 bits per heavy atom. The van der Waals surface area contributed by atoms with Gasteiger partial charge in [0.15, 0.2) is 5.17 Å². The van der Waals surface area contributed by atoms with E-state index in [9.17, 15) is 9.59 Å². The maximum atomic E-state index is 12.8. The summed E-state index contributed by atoms with van der Waals surface area (Å²) in [6, 6.07) is 23.0. The van der Waals surface area contributed by atoms with Gasteiger partial charge >= 0.3 is 0 Å². The van der Waals surface area contributed by atoms with Crippen molar-refractivity contribution in [2.75, 3.05) is 12.4 Å². The summed E-state index contributed by atoms with van der Waals surface area (Å²) in [6.07, 6.45) is 0.655. The first-order chi connectivity index (χ1) is 17.9. The topological polar surface area (TPSA) is 83.4 Å². The van der Waals surface area contributed by atoms with E-state index >= 15 is 0 Å². The number of benzene rings is 3. The molecule has 0 bridgehead atoms. The lowest BCUT2D eigenvalue weighted by Crippen LogP contribution is -2.25. The third-order valence-corrected chi connectivity index (χ3v) is 7.82. The van der Waals surface area contributed by atoms with E-state index in [2.05, 4.69) is 10.3 Å². The monoisotopic (exact) mass is 532 g/mol. The Labute approximate surface area is 224 Å². The van der Waals surface area contributed by atoms with Crippen LogP contribution < -0.4 is 10.1 Å². The van der Waals surface area contributed by atoms with Crippen LogP contribution in [0, 0.1) is 6.92 Å². The first kappa shape index (κ1) is 25.0. The smallest absolute Gasteiger partial charge is 0.262 e. The maximum Gasteiger partial charge on any atom is 0.262 e. The molecule has 3 aromatic carbocycles. The summed E-state index contributed by atoms with van der Waals surface area (Å²) in [6.45, 7) is 1.89. The minimum atomic E-state index is -0.622. The van der Waals surface area contributed by atoms with Crippen LogP contribution in [0.15, 0.2) is 82.9 Å². The van der Waals surface area contributed by atoms with Crippen LogP contribution in [0.25, 0.3) is 0 Å². The van der Waals surface area contributed by atoms with Crippen LogP contribution in [0.1, 0.15) is 35.6 Å². The van der Waals surface area contributed by atoms with Crippen LogP contribution in [0.4, 0.5) is 5.69 Å². The fourth-order valence-electron chi connectivity index (χ4n) is 4.23. The second kappa shape index (κ2) is 10.8. The van der Waals surface area contributed by atoms with Crippen molar-refractivity contribution in [1.82, 2.24) is 5.01 Å². The minimum absolute atomic E-state index is 0.00169. The number of rotatable bonds is 6. The second-order valence-electron chi connectivity index (χ2n) is 8.81. The summed E-state index contributed by atoms with van der Waals surface area (Å²) in [5.41, 5.74) is 4.48. The van der Waals surface area contributed by atoms with E-state index in [-0.39, 0.29) is 24.3 Å². The molecule has 0 saturated heterocycles. The van der Waals surface area contributed by atoms with Gasteiger partial charge in [0, 0.05) is 23.6 Å². The number of halogens is 1. The molecule has 188 valence electrons. The number of amides is 2. The molecule has 2 atom stereocenters. The standard InChI is InChI=1S/C28H25ClN4O3S/c1-17-8-11-20(14-22(17)29)30-26(34)16-25-27(35)31-28(37-25)33-24(19-9-12-21(36-2)13-10-19)15-23(32-33)18-6-4-3-5-7-18/h3-14,24-25H,15-16H2,1-2H3,(H,30,34). The molecular weight excluding hydrogens is 508 g/mol. The molecule has 0 radical (unpaired) electrons. The molecule has 0 aliphatic carbocycles. The fraction of sp³-hybridized carbons (Fsp3) is 0.214. The Kier molecular flexibility index (Phi) is 7.30. The summed E-state index contributed by atoms with van der Waals surface area (Å²) in [4.78, 5) is 29.8. The van der Waals surface area contributed by atoms with Crippen LogP contribution in [0.2, 0.25) is 5.02 Å². The largest absolute Gasteiger partial charge is 0.497 e. The number of hydrogen-bond donors (Lipinski definition) is 1. The molecule has 3 aromatic rings. The number of hydrazone groups is 1. The number of methoxy groups -OCH3 is 1. The lowest BCUT2D eigenvalue weighted by Gasteiger charge is -2.23. The number of carbonyl (C=O) groups excluding carboxylic acids is 2. The number of hydrogen-bond acceptors (Lipinski definition) is 6. The van der Waals surface area contributed by atoms with Gasteiger partial charge in [-0.15, -0.1) is 0 Å². The Morgan fingerprint density at radius 3 is 2.59 bits per heavy atom. The normalized spacial score (nSPS) is 19.0. The van der Waals surface area contributed by atoms with Crippen LogP contribution in [0.3, 0.4) is 0 Å². The number of carbonyl (C=O) groups is 2. The number of anilines is 1. The van der Waals surface area contributed by atoms with Gasteiger partial charge in [-0.3, -0.25) is 9.59 Å². The number of thioether (sulfide) groups is 1. The highest BCUT2D eigenvalue weighted by atomic mass is 35.5. The summed E-state index contributed by atoms with van der Waals surface area (Å²) in [5, 5.41) is 9.95. The first-order valence-corrected chi connectivity index (χ1v) is 13.1. The van der Waals surface area contributed by atoms with Crippen molar-refractivity contribution >= 4 is 51.7 Å². The van der Waals surface area contributed by atoms with E-state index in [4.69, 9.17) is 21.4 Å². The predicted molar refractivity (Wildman–Crippen MR) is 148 cm³/mol. The summed E-state index contributed by atoms with van der Waals surface area (Å²) >= 11 is 7.44. The van der Waals surface area contributed by atoms with Crippen molar-refractivity contribution in [3.63, 3.8) is 0 Å². The molecule has 0 aromatic heterocycles. The molecular formula is C28H25ClN4O3S. The van der Waals surface area contributed by atoms with Gasteiger partial charge in [-0.1, -0.05) is 71.9 Å². The Hall–Kier alpha value is -3.62. The van der Waals surface area contributed by atoms with E-state index in [1.807, 2.05) is 72.6 Å². The number of nitrogens with zero attached hydrogens (tertiary/aromatic N) is 3. The van der Waals surface area contributed by atoms with Crippen molar-refractivity contribution in [1.29, 1.82) is 0 Å². The second-order valence-corrected chi connectivity index (χ2v) is 10.4. The van der Waals surface area contributed by atoms with Gasteiger partial charge in [0.25, 0.3) is 5.91 Å². The van der Waals surface area contributed by atoms with E-state index < -0.39 is 5.25 Å². The number of amidine groups is 1. The molecule has 0 saturated carbocycles. The molecule has 5 rings (SSSR count). The predicted octanol–water partition coefficient (Wildman–Crippen LogP) is 5.83. The van der Waals surface area contributed by atoms with Crippen LogP contribution in [-0.4, -0.2) is 40.1 Å². The van der Waals surface area contributed by atoms with Crippen molar-refractivity contribution in [3.05, 3.63) is 94.5 Å². The van der Waals surface area contributed by atoms with Crippen LogP contribution in [-0.2, 0) is 9.59 Å². The number of nitrogens with one attached hydrogen (secondary N) is 1. The first-order valence-electron chi connectivity index (χ1n) is 11.8. The van der Waals surface area contributed by atoms with Crippen LogP contribution in [0.5, 0.6) is 5.75 Å². The van der Waals surface area contributed by atoms with E-state index in [0.717, 1.165) is 28.2 Å². The average molecular weight is 533 g/mol. The van der Waals surface area contributed by atoms with Gasteiger partial charge in [0.2, 0.25) is 5.91 Å². The molecule has 2 unspecified atom stereocenters. The zero-order valence-electron chi connectivity index (χ0n) is 20.3. The Bertz CT molecular complexity index is 1390. The van der Waals surface area contributed by atoms with Gasteiger partial charge in [0.05, 0.1) is 18.9 Å². The molecule has 1 N–H and O–H groups in total. The highest BCUT2D eigenvalue weighted by Gasteiger charge is 2.39. The van der Waals surface area contributed by atoms with Crippen molar-refractivity contribution in [2.24, 2.45) is 10.1 Å². The van der Waals surface area contributed by atoms with Gasteiger partial charge in [-0.2, -0.15) is 10.1 Å². The van der Waals surface area contributed by atoms with Crippen molar-refractivity contribution < 1.29 is 14.3 Å². The van der Waals surface area contributed by atoms with Gasteiger partial charge in [-0.25, -0.2) is 5.01 Å². The highest BCUT2D eigenvalue weighted by Crippen LogP contribution is 2.39. The molecule has 37 heavy (non-hydrogen) atoms. The summed E-state index contributed by atoms with van der Waals surface area (Å²) in [5.74, 6) is 0.152. The van der Waals surface area contributed by atoms with Crippen molar-refractivity contribution in [3.8, 4) is 5.75 Å². The van der Waals surface area contributed by atoms with Gasteiger partial charge in [0.1, 0.15) is 11.0 Å². The molecule has 0 fully saturated rings. The van der Waals surface area contributed by atoms with Crippen LogP contribution >= 0.6 is 23.4 Å². The molecule has 2 amide bonds. The zero-order chi connectivity index (χ0) is 25.9. The molecule has 0 spiro atoms. The molecule has 2 heterocycles. The highest BCUT2D eigenvalue weighted by molar-refractivity contribution is 8.15. The van der Waals surface area contributed by atoms with Gasteiger partial charge < -0.3 is 10.1 Å². The quantitative estimate of drug-likeness (QED) is 0.431. The third kappa shape index (κ3) is 5.55. The minimum Gasteiger partial charge on any atom is -0.497 e. The number of aryl methyl sites for hydroxylation is 1. The lowest BCUT2D eigenvalue weighted by atomic mass is 9.98. The summed E-state index contributed by atoms with van der Waals surface area (Å²) < 4.78 is 5.31. The fourth-order valence-corrected chi connectivity index (χ4v) is 5.47. The number of aliphatic imine (C=N–C) groups is 1. The van der Waals surface area contributed by atoms with Crippen molar-refractivity contribution in [2.45, 2.75) is 31.1 Å². The Morgan fingerprint density at radius 1 is 1.14 bits per heavy atom. The summed E-state index contributed by atoms with van der Waals surface area (Å²) in [7, 11) is 1.63. The third-order valence-electron chi connectivity index (χ3n) is 6.27. The van der Waals surface area contributed by atoms with E-state index in [0.29, 0.717) is 22.3 Å². The molecule has 2 aliphatic rings. The zero-order valence-corrected chi connectivity index (χ0v) is 21.9. The molecule has 2 aliphatic heterocycles. The molecule has 9 heteroatoms. The lowest BCUT2D eigenvalue weighted by molar-refractivity contribution is -0.121. The maximum absolute atomic E-state index is 12.8. The average Bonchev–Trinajstić information content (AvgIpc) is 3.51. The number of ether oxygens (including phenoxy) is 1. The van der Waals surface area contributed by atoms with Gasteiger partial charge in [-0.05, 0) is 47.9 Å². The SMILES string of the molecule is COc1ccc(C2CC(c3ccccc3)=NN2C2=NC(=O)C(CC(=O)Nc3ccc(C)c(Cl)c3)S2)cc1. The van der Waals surface area contributed by atoms with E-state index in [1.165, 1.54) is 11.8 Å².